The van der Waals surface area contributed by atoms with Crippen LogP contribution in [0, 0.1) is 12.3 Å². The molecule has 174 valence electrons. The second-order valence-corrected chi connectivity index (χ2v) is 9.49. The standard InChI is InChI=1S/C26H28F2N2O3/c1-16-13-22(33-2)20(19-7-11-29-23(16)19)15-30-12-10-25(8-9-26(25,27)28)14-21(30)17-3-5-18(6-4-17)24(31)32/h3-7,11,13,21,29H,8-10,12,14-15H2,1-2H3,(H,31,32). The van der Waals surface area contributed by atoms with Crippen molar-refractivity contribution < 1.29 is 23.4 Å². The number of ether oxygens (including phenoxy) is 1. The van der Waals surface area contributed by atoms with E-state index in [1.54, 1.807) is 31.4 Å². The lowest BCUT2D eigenvalue weighted by Crippen LogP contribution is -2.57. The van der Waals surface area contributed by atoms with Gasteiger partial charge in [-0.1, -0.05) is 12.1 Å². The van der Waals surface area contributed by atoms with Gasteiger partial charge in [0, 0.05) is 47.1 Å². The van der Waals surface area contributed by atoms with E-state index in [2.05, 4.69) is 9.88 Å². The number of benzene rings is 2. The Bertz CT molecular complexity index is 1200. The van der Waals surface area contributed by atoms with Crippen molar-refractivity contribution in [2.75, 3.05) is 13.7 Å². The number of aromatic amines is 1. The third-order valence-electron chi connectivity index (χ3n) is 7.83. The molecule has 2 N–H and O–H groups in total. The average molecular weight is 455 g/mol. The van der Waals surface area contributed by atoms with Crippen LogP contribution in [-0.2, 0) is 6.54 Å². The van der Waals surface area contributed by atoms with Crippen molar-refractivity contribution in [3.05, 3.63) is 64.8 Å². The summed E-state index contributed by atoms with van der Waals surface area (Å²) in [5, 5.41) is 10.3. The molecule has 2 heterocycles. The quantitative estimate of drug-likeness (QED) is 0.501. The Morgan fingerprint density at radius 1 is 1.21 bits per heavy atom. The van der Waals surface area contributed by atoms with Crippen LogP contribution >= 0.6 is 0 Å². The van der Waals surface area contributed by atoms with Gasteiger partial charge in [0.25, 0.3) is 5.92 Å². The summed E-state index contributed by atoms with van der Waals surface area (Å²) in [7, 11) is 1.65. The molecule has 3 aromatic rings. The van der Waals surface area contributed by atoms with Gasteiger partial charge in [-0.3, -0.25) is 4.90 Å². The smallest absolute Gasteiger partial charge is 0.335 e. The number of halogens is 2. The fraction of sp³-hybridized carbons (Fsp3) is 0.423. The molecule has 2 fully saturated rings. The Kier molecular flexibility index (Phi) is 5.20. The molecular weight excluding hydrogens is 426 g/mol. The number of nitrogens with one attached hydrogen (secondary N) is 1. The van der Waals surface area contributed by atoms with Gasteiger partial charge >= 0.3 is 5.97 Å². The molecule has 1 aliphatic carbocycles. The highest BCUT2D eigenvalue weighted by Crippen LogP contribution is 2.62. The molecule has 2 aromatic carbocycles. The topological polar surface area (TPSA) is 65.6 Å². The van der Waals surface area contributed by atoms with Crippen LogP contribution in [-0.4, -0.2) is 40.5 Å². The number of carboxylic acids is 1. The van der Waals surface area contributed by atoms with E-state index in [0.29, 0.717) is 32.4 Å². The highest BCUT2D eigenvalue weighted by Gasteiger charge is 2.63. The minimum absolute atomic E-state index is 0.0482. The van der Waals surface area contributed by atoms with Crippen LogP contribution in [0.4, 0.5) is 8.78 Å². The van der Waals surface area contributed by atoms with Crippen LogP contribution < -0.4 is 4.74 Å². The zero-order valence-electron chi connectivity index (χ0n) is 18.8. The lowest BCUT2D eigenvalue weighted by molar-refractivity contribution is -0.229. The summed E-state index contributed by atoms with van der Waals surface area (Å²) in [6.07, 6.45) is 3.20. The second-order valence-electron chi connectivity index (χ2n) is 9.49. The predicted octanol–water partition coefficient (Wildman–Crippen LogP) is 5.94. The van der Waals surface area contributed by atoms with E-state index >= 15 is 0 Å². The maximum atomic E-state index is 14.7. The molecule has 1 aromatic heterocycles. The van der Waals surface area contributed by atoms with Gasteiger partial charge in [-0.2, -0.15) is 0 Å². The van der Waals surface area contributed by atoms with E-state index < -0.39 is 17.3 Å². The molecule has 0 radical (unpaired) electrons. The lowest BCUT2D eigenvalue weighted by Gasteiger charge is -2.56. The van der Waals surface area contributed by atoms with Crippen LogP contribution in [0.25, 0.3) is 10.9 Å². The Morgan fingerprint density at radius 3 is 2.58 bits per heavy atom. The summed E-state index contributed by atoms with van der Waals surface area (Å²) in [4.78, 5) is 16.8. The van der Waals surface area contributed by atoms with Gasteiger partial charge in [-0.05, 0) is 68.1 Å². The number of likely N-dealkylation sites (tertiary alicyclic amines) is 1. The number of rotatable bonds is 5. The first-order valence-electron chi connectivity index (χ1n) is 11.3. The van der Waals surface area contributed by atoms with E-state index in [4.69, 9.17) is 4.74 Å². The molecule has 1 spiro atoms. The normalized spacial score (nSPS) is 24.7. The van der Waals surface area contributed by atoms with Crippen molar-refractivity contribution in [3.63, 3.8) is 0 Å². The molecule has 2 unspecified atom stereocenters. The van der Waals surface area contributed by atoms with Crippen LogP contribution in [0.5, 0.6) is 5.75 Å². The number of nitrogens with zero attached hydrogens (tertiary/aromatic N) is 1. The van der Waals surface area contributed by atoms with Crippen molar-refractivity contribution >= 4 is 16.9 Å². The number of H-pyrrole nitrogens is 1. The molecule has 2 atom stereocenters. The first kappa shape index (κ1) is 21.9. The molecular formula is C26H28F2N2O3. The van der Waals surface area contributed by atoms with Crippen molar-refractivity contribution in [3.8, 4) is 5.75 Å². The second kappa shape index (κ2) is 7.83. The first-order chi connectivity index (χ1) is 15.7. The molecule has 1 aliphatic heterocycles. The molecule has 0 amide bonds. The number of methoxy groups -OCH3 is 1. The van der Waals surface area contributed by atoms with Crippen molar-refractivity contribution in [1.29, 1.82) is 0 Å². The van der Waals surface area contributed by atoms with E-state index in [1.165, 1.54) is 0 Å². The Balaban J connectivity index is 1.53. The van der Waals surface area contributed by atoms with Gasteiger partial charge in [0.1, 0.15) is 5.75 Å². The fourth-order valence-electron chi connectivity index (χ4n) is 5.69. The molecule has 1 saturated carbocycles. The molecule has 33 heavy (non-hydrogen) atoms. The van der Waals surface area contributed by atoms with Crippen LogP contribution in [0.15, 0.2) is 42.6 Å². The fourth-order valence-corrected chi connectivity index (χ4v) is 5.69. The van der Waals surface area contributed by atoms with E-state index in [-0.39, 0.29) is 18.0 Å². The number of hydrogen-bond acceptors (Lipinski definition) is 3. The highest BCUT2D eigenvalue weighted by atomic mass is 19.3. The van der Waals surface area contributed by atoms with E-state index in [1.807, 2.05) is 25.3 Å². The maximum Gasteiger partial charge on any atom is 0.335 e. The number of piperidine rings is 1. The maximum absolute atomic E-state index is 14.7. The summed E-state index contributed by atoms with van der Waals surface area (Å²) in [5.41, 5.74) is 3.26. The monoisotopic (exact) mass is 454 g/mol. The number of aromatic carboxylic acids is 1. The van der Waals surface area contributed by atoms with Crippen molar-refractivity contribution in [1.82, 2.24) is 9.88 Å². The Morgan fingerprint density at radius 2 is 1.97 bits per heavy atom. The number of carbonyl (C=O) groups is 1. The van der Waals surface area contributed by atoms with Gasteiger partial charge in [0.05, 0.1) is 12.7 Å². The molecule has 5 rings (SSSR count). The van der Waals surface area contributed by atoms with Crippen LogP contribution in [0.2, 0.25) is 0 Å². The summed E-state index contributed by atoms with van der Waals surface area (Å²) in [6.45, 7) is 3.13. The number of aryl methyl sites for hydroxylation is 1. The third-order valence-corrected chi connectivity index (χ3v) is 7.83. The van der Waals surface area contributed by atoms with Gasteiger partial charge in [0.15, 0.2) is 0 Å². The van der Waals surface area contributed by atoms with Crippen molar-refractivity contribution in [2.24, 2.45) is 5.41 Å². The summed E-state index contributed by atoms with van der Waals surface area (Å²) in [5.74, 6) is -2.86. The number of hydrogen-bond donors (Lipinski definition) is 2. The number of alkyl halides is 2. The molecule has 0 bridgehead atoms. The summed E-state index contributed by atoms with van der Waals surface area (Å²) >= 11 is 0. The molecule has 5 nitrogen and oxygen atoms in total. The van der Waals surface area contributed by atoms with Gasteiger partial charge in [-0.15, -0.1) is 0 Å². The minimum atomic E-state index is -2.65. The summed E-state index contributed by atoms with van der Waals surface area (Å²) in [6, 6.07) is 10.5. The highest BCUT2D eigenvalue weighted by molar-refractivity contribution is 5.88. The molecule has 1 saturated heterocycles. The van der Waals surface area contributed by atoms with Crippen LogP contribution in [0.3, 0.4) is 0 Å². The SMILES string of the molecule is COc1cc(C)c2[nH]ccc2c1CN1CCC2(CCC2(F)F)CC1c1ccc(C(=O)O)cc1. The largest absolute Gasteiger partial charge is 0.496 e. The van der Waals surface area contributed by atoms with Gasteiger partial charge in [0.2, 0.25) is 0 Å². The van der Waals surface area contributed by atoms with Crippen LogP contribution in [0.1, 0.15) is 58.8 Å². The van der Waals surface area contributed by atoms with Crippen molar-refractivity contribution in [2.45, 2.75) is 51.1 Å². The number of aromatic nitrogens is 1. The third kappa shape index (κ3) is 3.50. The number of fused-ring (bicyclic) bond motifs is 1. The van der Waals surface area contributed by atoms with Gasteiger partial charge < -0.3 is 14.8 Å². The number of carboxylic acid groups (broad SMARTS) is 1. The Labute approximate surface area is 191 Å². The first-order valence-corrected chi connectivity index (χ1v) is 11.3. The zero-order chi connectivity index (χ0) is 23.4. The predicted molar refractivity (Wildman–Crippen MR) is 122 cm³/mol. The average Bonchev–Trinajstić information content (AvgIpc) is 3.31. The minimum Gasteiger partial charge on any atom is -0.496 e. The van der Waals surface area contributed by atoms with E-state index in [0.717, 1.165) is 33.3 Å². The summed E-state index contributed by atoms with van der Waals surface area (Å²) < 4.78 is 35.1. The molecule has 2 aliphatic rings. The Hall–Kier alpha value is -2.93. The zero-order valence-corrected chi connectivity index (χ0v) is 18.8. The molecule has 7 heteroatoms. The lowest BCUT2D eigenvalue weighted by atomic mass is 9.58. The van der Waals surface area contributed by atoms with Gasteiger partial charge in [-0.25, -0.2) is 13.6 Å². The van der Waals surface area contributed by atoms with E-state index in [9.17, 15) is 18.7 Å².